The van der Waals surface area contributed by atoms with E-state index in [1.54, 1.807) is 16.7 Å². The Morgan fingerprint density at radius 3 is 2.20 bits per heavy atom. The molecule has 0 aliphatic rings. The van der Waals surface area contributed by atoms with Crippen LogP contribution < -0.4 is 10.3 Å². The van der Waals surface area contributed by atoms with Gasteiger partial charge in [0.1, 0.15) is 5.75 Å². The summed E-state index contributed by atoms with van der Waals surface area (Å²) in [4.78, 5) is 23.2. The topological polar surface area (TPSA) is 68.5 Å². The lowest BCUT2D eigenvalue weighted by Gasteiger charge is -2.20. The van der Waals surface area contributed by atoms with E-state index in [9.17, 15) is 9.59 Å². The van der Waals surface area contributed by atoms with Crippen molar-refractivity contribution in [2.75, 3.05) is 0 Å². The van der Waals surface area contributed by atoms with Crippen LogP contribution >= 0.6 is 0 Å². The highest BCUT2D eigenvalue weighted by atomic mass is 16.5. The van der Waals surface area contributed by atoms with Crippen LogP contribution in [0.15, 0.2) is 120 Å². The molecule has 0 saturated carbocycles. The minimum absolute atomic E-state index is 0.0236. The van der Waals surface area contributed by atoms with Gasteiger partial charge in [-0.3, -0.25) is 4.79 Å². The predicted octanol–water partition coefficient (Wildman–Crippen LogP) is 5.64. The first kappa shape index (κ1) is 23.8. The standard InChI is InChI=1S/C30H27NO4/c32-28-17-16-26(30(24-11-3-1-4-12-24)25-13-5-2-6-14-25)22-31(28)19-8-10-23-9-7-15-27(21-23)35-20-18-29(33)34/h1-7,9,11-18,20-22,30H,8,10,19H2,(H,33,34). The average Bonchev–Trinajstić information content (AvgIpc) is 2.87. The Kier molecular flexibility index (Phi) is 7.92. The van der Waals surface area contributed by atoms with Crippen LogP contribution in [-0.4, -0.2) is 15.6 Å². The van der Waals surface area contributed by atoms with Crippen molar-refractivity contribution < 1.29 is 14.6 Å². The quantitative estimate of drug-likeness (QED) is 0.243. The maximum absolute atomic E-state index is 12.6. The Balaban J connectivity index is 1.50. The molecular formula is C30H27NO4. The number of aryl methyl sites for hydroxylation is 2. The molecule has 0 aliphatic carbocycles. The van der Waals surface area contributed by atoms with Gasteiger partial charge < -0.3 is 14.4 Å². The van der Waals surface area contributed by atoms with Crippen LogP contribution in [-0.2, 0) is 17.8 Å². The largest absolute Gasteiger partial charge is 0.478 e. The number of rotatable bonds is 10. The molecular weight excluding hydrogens is 438 g/mol. The highest BCUT2D eigenvalue weighted by Crippen LogP contribution is 2.31. The molecule has 176 valence electrons. The maximum atomic E-state index is 12.6. The third kappa shape index (κ3) is 6.58. The summed E-state index contributed by atoms with van der Waals surface area (Å²) in [7, 11) is 0. The number of aromatic nitrogens is 1. The zero-order valence-corrected chi connectivity index (χ0v) is 19.3. The summed E-state index contributed by atoms with van der Waals surface area (Å²) >= 11 is 0. The number of hydrogen-bond acceptors (Lipinski definition) is 3. The van der Waals surface area contributed by atoms with Crippen LogP contribution in [0.1, 0.15) is 34.6 Å². The average molecular weight is 466 g/mol. The number of carboxylic acids is 1. The van der Waals surface area contributed by atoms with Gasteiger partial charge in [0, 0.05) is 24.7 Å². The summed E-state index contributed by atoms with van der Waals surface area (Å²) in [5.41, 5.74) is 4.46. The van der Waals surface area contributed by atoms with Crippen LogP contribution in [0.3, 0.4) is 0 Å². The number of aliphatic carboxylic acids is 1. The number of benzene rings is 3. The van der Waals surface area contributed by atoms with E-state index in [0.29, 0.717) is 12.3 Å². The fraction of sp³-hybridized carbons (Fsp3) is 0.133. The van der Waals surface area contributed by atoms with Crippen molar-refractivity contribution in [2.24, 2.45) is 0 Å². The second kappa shape index (κ2) is 11.7. The zero-order valence-electron chi connectivity index (χ0n) is 19.3. The van der Waals surface area contributed by atoms with Crippen molar-refractivity contribution >= 4 is 5.97 Å². The molecule has 0 amide bonds. The molecule has 0 radical (unpaired) electrons. The normalized spacial score (nSPS) is 11.1. The molecule has 0 spiro atoms. The Morgan fingerprint density at radius 2 is 1.54 bits per heavy atom. The molecule has 0 aliphatic heterocycles. The molecule has 35 heavy (non-hydrogen) atoms. The van der Waals surface area contributed by atoms with Gasteiger partial charge in [-0.1, -0.05) is 78.9 Å². The molecule has 5 heteroatoms. The summed E-state index contributed by atoms with van der Waals surface area (Å²) in [6.07, 6.45) is 5.62. The Hall–Kier alpha value is -4.38. The van der Waals surface area contributed by atoms with E-state index >= 15 is 0 Å². The first-order valence-corrected chi connectivity index (χ1v) is 11.6. The summed E-state index contributed by atoms with van der Waals surface area (Å²) in [6, 6.07) is 31.7. The molecule has 4 rings (SSSR count). The van der Waals surface area contributed by atoms with E-state index in [1.165, 1.54) is 11.1 Å². The second-order valence-electron chi connectivity index (χ2n) is 8.26. The van der Waals surface area contributed by atoms with Gasteiger partial charge in [0.05, 0.1) is 12.3 Å². The molecule has 0 fully saturated rings. The Bertz CT molecular complexity index is 1300. The molecule has 0 bridgehead atoms. The first-order valence-electron chi connectivity index (χ1n) is 11.6. The second-order valence-corrected chi connectivity index (χ2v) is 8.26. The monoisotopic (exact) mass is 465 g/mol. The molecule has 1 heterocycles. The van der Waals surface area contributed by atoms with Crippen molar-refractivity contribution in [1.29, 1.82) is 0 Å². The highest BCUT2D eigenvalue weighted by molar-refractivity contribution is 5.79. The van der Waals surface area contributed by atoms with Gasteiger partial charge in [-0.15, -0.1) is 0 Å². The smallest absolute Gasteiger partial charge is 0.331 e. The Labute approximate surface area is 204 Å². The van der Waals surface area contributed by atoms with E-state index < -0.39 is 5.97 Å². The highest BCUT2D eigenvalue weighted by Gasteiger charge is 2.17. The number of nitrogens with zero attached hydrogens (tertiary/aromatic N) is 1. The van der Waals surface area contributed by atoms with Crippen molar-refractivity contribution in [3.05, 3.63) is 148 Å². The lowest BCUT2D eigenvalue weighted by atomic mass is 9.86. The number of carbonyl (C=O) groups is 1. The molecule has 0 unspecified atom stereocenters. The van der Waals surface area contributed by atoms with E-state index in [0.717, 1.165) is 36.3 Å². The number of ether oxygens (including phenoxy) is 1. The summed E-state index contributed by atoms with van der Waals surface area (Å²) in [6.45, 7) is 0.590. The van der Waals surface area contributed by atoms with E-state index in [2.05, 4.69) is 24.3 Å². The van der Waals surface area contributed by atoms with Gasteiger partial charge >= 0.3 is 5.97 Å². The zero-order chi connectivity index (χ0) is 24.5. The lowest BCUT2D eigenvalue weighted by Crippen LogP contribution is -2.20. The molecule has 0 atom stereocenters. The molecule has 0 saturated heterocycles. The number of hydrogen-bond donors (Lipinski definition) is 1. The SMILES string of the molecule is O=C(O)C=COc1cccc(CCCn2cc(C(c3ccccc3)c3ccccc3)ccc2=O)c1. The molecule has 5 nitrogen and oxygen atoms in total. The molecule has 1 N–H and O–H groups in total. The van der Waals surface area contributed by atoms with Gasteiger partial charge in [0.15, 0.2) is 0 Å². The summed E-state index contributed by atoms with van der Waals surface area (Å²) < 4.78 is 7.13. The third-order valence-corrected chi connectivity index (χ3v) is 5.78. The van der Waals surface area contributed by atoms with Gasteiger partial charge in [-0.05, 0) is 47.2 Å². The molecule has 3 aromatic carbocycles. The van der Waals surface area contributed by atoms with Crippen molar-refractivity contribution in [3.63, 3.8) is 0 Å². The van der Waals surface area contributed by atoms with Crippen molar-refractivity contribution in [1.82, 2.24) is 4.57 Å². The molecule has 1 aromatic heterocycles. The maximum Gasteiger partial charge on any atom is 0.331 e. The van der Waals surface area contributed by atoms with Crippen molar-refractivity contribution in [3.8, 4) is 5.75 Å². The predicted molar refractivity (Wildman–Crippen MR) is 137 cm³/mol. The fourth-order valence-corrected chi connectivity index (χ4v) is 4.16. The summed E-state index contributed by atoms with van der Waals surface area (Å²) in [5.74, 6) is -0.444. The van der Waals surface area contributed by atoms with Gasteiger partial charge in [-0.2, -0.15) is 0 Å². The number of pyridine rings is 1. The van der Waals surface area contributed by atoms with Crippen LogP contribution in [0, 0.1) is 0 Å². The van der Waals surface area contributed by atoms with E-state index in [4.69, 9.17) is 9.84 Å². The van der Waals surface area contributed by atoms with Gasteiger partial charge in [0.25, 0.3) is 5.56 Å². The minimum Gasteiger partial charge on any atom is -0.478 e. The van der Waals surface area contributed by atoms with Crippen LogP contribution in [0.2, 0.25) is 0 Å². The number of carboxylic acid groups (broad SMARTS) is 1. The van der Waals surface area contributed by atoms with Crippen LogP contribution in [0.4, 0.5) is 0 Å². The van der Waals surface area contributed by atoms with Crippen LogP contribution in [0.5, 0.6) is 5.75 Å². The van der Waals surface area contributed by atoms with Crippen LogP contribution in [0.25, 0.3) is 0 Å². The Morgan fingerprint density at radius 1 is 0.857 bits per heavy atom. The third-order valence-electron chi connectivity index (χ3n) is 5.78. The summed E-state index contributed by atoms with van der Waals surface area (Å²) in [5, 5.41) is 8.68. The molecule has 4 aromatic rings. The first-order chi connectivity index (χ1) is 17.1. The van der Waals surface area contributed by atoms with E-state index in [1.807, 2.05) is 66.9 Å². The fourth-order valence-electron chi connectivity index (χ4n) is 4.16. The van der Waals surface area contributed by atoms with E-state index in [-0.39, 0.29) is 11.5 Å². The van der Waals surface area contributed by atoms with Gasteiger partial charge in [0.2, 0.25) is 0 Å². The lowest BCUT2D eigenvalue weighted by molar-refractivity contribution is -0.131. The van der Waals surface area contributed by atoms with Crippen molar-refractivity contribution in [2.45, 2.75) is 25.3 Å². The van der Waals surface area contributed by atoms with Gasteiger partial charge in [-0.25, -0.2) is 4.79 Å². The minimum atomic E-state index is -1.06.